The molecule has 0 spiro atoms. The number of hydrogen-bond donors (Lipinski definition) is 0. The summed E-state index contributed by atoms with van der Waals surface area (Å²) < 4.78 is 5.49. The number of carbonyl (C=O) groups excluding carboxylic acids is 1. The van der Waals surface area contributed by atoms with E-state index in [-0.39, 0.29) is 0 Å². The van der Waals surface area contributed by atoms with E-state index in [0.717, 1.165) is 5.39 Å². The lowest BCUT2D eigenvalue weighted by Gasteiger charge is -2.18. The molecule has 1 aromatic heterocycles. The van der Waals surface area contributed by atoms with Gasteiger partial charge < -0.3 is 4.43 Å². The minimum atomic E-state index is -1.99. The molecule has 3 nitrogen and oxygen atoms in total. The van der Waals surface area contributed by atoms with Gasteiger partial charge >= 0.3 is 5.97 Å². The molecule has 2 aromatic rings. The van der Waals surface area contributed by atoms with Gasteiger partial charge in [0.25, 0.3) is 0 Å². The van der Waals surface area contributed by atoms with Crippen LogP contribution in [-0.2, 0) is 4.43 Å². The van der Waals surface area contributed by atoms with Gasteiger partial charge in [0.05, 0.1) is 15.6 Å². The predicted molar refractivity (Wildman–Crippen MR) is 80.5 cm³/mol. The number of carbonyl (C=O) groups is 1. The van der Waals surface area contributed by atoms with Gasteiger partial charge in [-0.1, -0.05) is 29.3 Å². The third kappa shape index (κ3) is 3.26. The van der Waals surface area contributed by atoms with Gasteiger partial charge in [0.15, 0.2) is 0 Å². The molecule has 0 N–H and O–H groups in total. The van der Waals surface area contributed by atoms with Gasteiger partial charge in [-0.25, -0.2) is 4.79 Å². The first-order valence-electron chi connectivity index (χ1n) is 5.75. The Kier molecular flexibility index (Phi) is 3.85. The number of hydrogen-bond acceptors (Lipinski definition) is 3. The number of fused-ring (bicyclic) bond motifs is 1. The fraction of sp³-hybridized carbons (Fsp3) is 0.231. The van der Waals surface area contributed by atoms with E-state index in [2.05, 4.69) is 4.98 Å². The molecule has 0 fully saturated rings. The number of benzene rings is 1. The van der Waals surface area contributed by atoms with Gasteiger partial charge in [-0.3, -0.25) is 4.98 Å². The highest BCUT2D eigenvalue weighted by Gasteiger charge is 2.24. The normalized spacial score (nSPS) is 11.6. The van der Waals surface area contributed by atoms with Gasteiger partial charge in [-0.05, 0) is 31.8 Å². The highest BCUT2D eigenvalue weighted by atomic mass is 35.5. The Morgan fingerprint density at radius 3 is 2.58 bits per heavy atom. The average molecular weight is 314 g/mol. The van der Waals surface area contributed by atoms with Crippen molar-refractivity contribution in [3.8, 4) is 0 Å². The summed E-state index contributed by atoms with van der Waals surface area (Å²) in [6, 6.07) is 5.18. The van der Waals surface area contributed by atoms with E-state index in [1.54, 1.807) is 18.2 Å². The van der Waals surface area contributed by atoms with E-state index < -0.39 is 14.3 Å². The fourth-order valence-electron chi connectivity index (χ4n) is 1.67. The summed E-state index contributed by atoms with van der Waals surface area (Å²) in [7, 11) is -1.99. The van der Waals surface area contributed by atoms with Crippen molar-refractivity contribution in [2.24, 2.45) is 0 Å². The van der Waals surface area contributed by atoms with Crippen molar-refractivity contribution in [1.29, 1.82) is 0 Å². The standard InChI is InChI=1S/C13H13Cl2NO2Si/c1-19(2,3)18-13(17)11-10(15)5-4-8-6-9(14)7-16-12(8)11/h4-7H,1-3H3. The Hall–Kier alpha value is -1.10. The Labute approximate surface area is 122 Å². The molecule has 100 valence electrons. The summed E-state index contributed by atoms with van der Waals surface area (Å²) in [4.78, 5) is 16.4. The van der Waals surface area contributed by atoms with E-state index in [9.17, 15) is 4.79 Å². The first-order chi connectivity index (χ1) is 8.78. The Balaban J connectivity index is 2.58. The number of pyridine rings is 1. The number of nitrogens with zero attached hydrogens (tertiary/aromatic N) is 1. The summed E-state index contributed by atoms with van der Waals surface area (Å²) in [5, 5.41) is 1.62. The maximum absolute atomic E-state index is 12.2. The third-order valence-corrected chi connectivity index (χ3v) is 3.69. The fourth-order valence-corrected chi connectivity index (χ4v) is 2.73. The molecule has 0 saturated carbocycles. The van der Waals surface area contributed by atoms with Crippen LogP contribution in [0.15, 0.2) is 24.4 Å². The molecule has 0 aliphatic carbocycles. The van der Waals surface area contributed by atoms with Crippen LogP contribution in [0.25, 0.3) is 10.9 Å². The molecule has 0 radical (unpaired) electrons. The minimum absolute atomic E-state index is 0.304. The molecule has 1 heterocycles. The summed E-state index contributed by atoms with van der Waals surface area (Å²) in [6.45, 7) is 5.82. The van der Waals surface area contributed by atoms with Crippen LogP contribution in [0.2, 0.25) is 29.7 Å². The summed E-state index contributed by atoms with van der Waals surface area (Å²) >= 11 is 12.0. The van der Waals surface area contributed by atoms with Crippen LogP contribution in [0.3, 0.4) is 0 Å². The molecule has 2 rings (SSSR count). The highest BCUT2D eigenvalue weighted by Crippen LogP contribution is 2.27. The second-order valence-electron chi connectivity index (χ2n) is 5.15. The molecule has 0 unspecified atom stereocenters. The number of halogens is 2. The molecule has 0 aliphatic heterocycles. The van der Waals surface area contributed by atoms with Crippen LogP contribution >= 0.6 is 23.2 Å². The zero-order chi connectivity index (χ0) is 14.2. The van der Waals surface area contributed by atoms with Crippen molar-refractivity contribution >= 4 is 48.4 Å². The van der Waals surface area contributed by atoms with Gasteiger partial charge in [0.2, 0.25) is 8.32 Å². The van der Waals surface area contributed by atoms with Crippen LogP contribution < -0.4 is 0 Å². The lowest BCUT2D eigenvalue weighted by molar-refractivity contribution is 0.0726. The van der Waals surface area contributed by atoms with Gasteiger partial charge in [-0.2, -0.15) is 0 Å². The molecular formula is C13H13Cl2NO2Si. The number of rotatable bonds is 2. The molecule has 0 amide bonds. The minimum Gasteiger partial charge on any atom is -0.516 e. The third-order valence-electron chi connectivity index (χ3n) is 2.37. The van der Waals surface area contributed by atoms with Gasteiger partial charge in [0.1, 0.15) is 5.56 Å². The molecule has 0 bridgehead atoms. The largest absolute Gasteiger partial charge is 0.516 e. The van der Waals surface area contributed by atoms with Crippen LogP contribution in [0.4, 0.5) is 0 Å². The maximum atomic E-state index is 12.2. The second kappa shape index (κ2) is 5.11. The van der Waals surface area contributed by atoms with Crippen molar-refractivity contribution in [2.45, 2.75) is 19.6 Å². The van der Waals surface area contributed by atoms with Crippen LogP contribution in [0, 0.1) is 0 Å². The molecule has 19 heavy (non-hydrogen) atoms. The zero-order valence-corrected chi connectivity index (χ0v) is 13.3. The van der Waals surface area contributed by atoms with Crippen LogP contribution in [0.5, 0.6) is 0 Å². The van der Waals surface area contributed by atoms with E-state index in [1.807, 2.05) is 19.6 Å². The molecular weight excluding hydrogens is 301 g/mol. The molecule has 1 aromatic carbocycles. The molecule has 6 heteroatoms. The molecule has 0 atom stereocenters. The van der Waals surface area contributed by atoms with E-state index >= 15 is 0 Å². The lowest BCUT2D eigenvalue weighted by Crippen LogP contribution is -2.29. The second-order valence-corrected chi connectivity index (χ2v) is 10.4. The topological polar surface area (TPSA) is 39.2 Å². The van der Waals surface area contributed by atoms with Gasteiger partial charge in [0, 0.05) is 11.6 Å². The molecule has 0 aliphatic rings. The van der Waals surface area contributed by atoms with Crippen molar-refractivity contribution < 1.29 is 9.22 Å². The Bertz CT molecular complexity index is 653. The monoisotopic (exact) mass is 313 g/mol. The maximum Gasteiger partial charge on any atom is 0.328 e. The predicted octanol–water partition coefficient (Wildman–Crippen LogP) is 4.53. The van der Waals surface area contributed by atoms with Crippen molar-refractivity contribution in [2.75, 3.05) is 0 Å². The smallest absolute Gasteiger partial charge is 0.328 e. The van der Waals surface area contributed by atoms with Crippen molar-refractivity contribution in [3.05, 3.63) is 40.0 Å². The first kappa shape index (κ1) is 14.3. The van der Waals surface area contributed by atoms with Crippen LogP contribution in [-0.4, -0.2) is 19.3 Å². The Morgan fingerprint density at radius 1 is 1.26 bits per heavy atom. The summed E-state index contributed by atoms with van der Waals surface area (Å²) in [6.07, 6.45) is 1.49. The van der Waals surface area contributed by atoms with Crippen molar-refractivity contribution in [1.82, 2.24) is 4.98 Å². The lowest BCUT2D eigenvalue weighted by atomic mass is 10.1. The Morgan fingerprint density at radius 2 is 1.95 bits per heavy atom. The zero-order valence-electron chi connectivity index (χ0n) is 10.8. The van der Waals surface area contributed by atoms with E-state index in [4.69, 9.17) is 27.6 Å². The highest BCUT2D eigenvalue weighted by molar-refractivity contribution is 6.71. The molecule has 0 saturated heterocycles. The first-order valence-corrected chi connectivity index (χ1v) is 9.91. The summed E-state index contributed by atoms with van der Waals surface area (Å²) in [5.41, 5.74) is 0.818. The quantitative estimate of drug-likeness (QED) is 0.764. The van der Waals surface area contributed by atoms with E-state index in [1.165, 1.54) is 6.20 Å². The number of aromatic nitrogens is 1. The summed E-state index contributed by atoms with van der Waals surface area (Å²) in [5.74, 6) is -0.426. The van der Waals surface area contributed by atoms with Gasteiger partial charge in [-0.15, -0.1) is 0 Å². The van der Waals surface area contributed by atoms with Crippen LogP contribution in [0.1, 0.15) is 10.4 Å². The average Bonchev–Trinajstić information content (AvgIpc) is 2.26. The SMILES string of the molecule is C[Si](C)(C)OC(=O)c1c(Cl)ccc2cc(Cl)cnc12. The van der Waals surface area contributed by atoms with Crippen molar-refractivity contribution in [3.63, 3.8) is 0 Å². The van der Waals surface area contributed by atoms with E-state index in [0.29, 0.717) is 21.1 Å².